The summed E-state index contributed by atoms with van der Waals surface area (Å²) in [6.45, 7) is 10.5. The first-order chi connectivity index (χ1) is 9.04. The Labute approximate surface area is 117 Å². The Kier molecular flexibility index (Phi) is 7.34. The van der Waals surface area contributed by atoms with Crippen molar-refractivity contribution >= 4 is 5.91 Å². The van der Waals surface area contributed by atoms with Crippen LogP contribution in [0.25, 0.3) is 0 Å². The van der Waals surface area contributed by atoms with E-state index in [-0.39, 0.29) is 5.91 Å². The van der Waals surface area contributed by atoms with Crippen molar-refractivity contribution in [2.24, 2.45) is 0 Å². The Bertz CT molecular complexity index is 264. The van der Waals surface area contributed by atoms with E-state index in [1.54, 1.807) is 0 Å². The van der Waals surface area contributed by atoms with Gasteiger partial charge >= 0.3 is 0 Å². The van der Waals surface area contributed by atoms with Gasteiger partial charge in [0, 0.05) is 45.3 Å². The van der Waals surface area contributed by atoms with E-state index in [2.05, 4.69) is 43.1 Å². The molecule has 1 atom stereocenters. The van der Waals surface area contributed by atoms with Crippen LogP contribution >= 0.6 is 0 Å². The lowest BCUT2D eigenvalue weighted by atomic mass is 10.2. The maximum absolute atomic E-state index is 12.0. The number of amides is 1. The van der Waals surface area contributed by atoms with Gasteiger partial charge in [0.1, 0.15) is 0 Å². The van der Waals surface area contributed by atoms with Crippen LogP contribution in [0.15, 0.2) is 0 Å². The highest BCUT2D eigenvalue weighted by Crippen LogP contribution is 2.00. The zero-order chi connectivity index (χ0) is 14.3. The SMILES string of the molecule is CCC(C)N(C)CCNCC(=O)N1CCN(C)CC1. The number of likely N-dealkylation sites (N-methyl/N-ethyl adjacent to an activating group) is 2. The fourth-order valence-electron chi connectivity index (χ4n) is 2.15. The molecule has 1 fully saturated rings. The molecule has 0 aromatic rings. The van der Waals surface area contributed by atoms with Crippen molar-refractivity contribution in [2.75, 3.05) is 59.9 Å². The van der Waals surface area contributed by atoms with Crippen molar-refractivity contribution in [3.63, 3.8) is 0 Å². The summed E-state index contributed by atoms with van der Waals surface area (Å²) in [6, 6.07) is 0.607. The molecule has 1 aliphatic heterocycles. The molecule has 1 N–H and O–H groups in total. The molecule has 1 amide bonds. The number of nitrogens with one attached hydrogen (secondary N) is 1. The van der Waals surface area contributed by atoms with E-state index in [0.29, 0.717) is 12.6 Å². The maximum atomic E-state index is 12.0. The molecule has 5 nitrogen and oxygen atoms in total. The van der Waals surface area contributed by atoms with Crippen LogP contribution in [-0.4, -0.2) is 86.6 Å². The van der Waals surface area contributed by atoms with Crippen molar-refractivity contribution < 1.29 is 4.79 Å². The Balaban J connectivity index is 2.10. The minimum absolute atomic E-state index is 0.235. The number of carbonyl (C=O) groups is 1. The van der Waals surface area contributed by atoms with Gasteiger partial charge in [-0.2, -0.15) is 0 Å². The molecular weight excluding hydrogens is 240 g/mol. The average Bonchev–Trinajstić information content (AvgIpc) is 2.42. The normalized spacial score (nSPS) is 18.9. The van der Waals surface area contributed by atoms with E-state index < -0.39 is 0 Å². The Morgan fingerprint density at radius 2 is 1.95 bits per heavy atom. The molecule has 1 saturated heterocycles. The Morgan fingerprint density at radius 3 is 2.53 bits per heavy atom. The van der Waals surface area contributed by atoms with Gasteiger partial charge in [-0.25, -0.2) is 0 Å². The molecule has 0 aromatic heterocycles. The van der Waals surface area contributed by atoms with Crippen LogP contribution in [0.5, 0.6) is 0 Å². The van der Waals surface area contributed by atoms with Gasteiger partial charge in [0.15, 0.2) is 0 Å². The second-order valence-electron chi connectivity index (χ2n) is 5.60. The van der Waals surface area contributed by atoms with Crippen molar-refractivity contribution in [2.45, 2.75) is 26.3 Å². The van der Waals surface area contributed by atoms with E-state index in [1.807, 2.05) is 4.90 Å². The lowest BCUT2D eigenvalue weighted by Crippen LogP contribution is -2.50. The van der Waals surface area contributed by atoms with Crippen LogP contribution in [-0.2, 0) is 4.79 Å². The molecule has 1 aliphatic rings. The third-order valence-corrected chi connectivity index (χ3v) is 4.12. The molecule has 0 saturated carbocycles. The number of rotatable bonds is 7. The van der Waals surface area contributed by atoms with Gasteiger partial charge in [-0.3, -0.25) is 4.79 Å². The number of carbonyl (C=O) groups excluding carboxylic acids is 1. The first kappa shape index (κ1) is 16.4. The van der Waals surface area contributed by atoms with Crippen molar-refractivity contribution in [3.8, 4) is 0 Å². The predicted molar refractivity (Wildman–Crippen MR) is 79.3 cm³/mol. The molecule has 0 aliphatic carbocycles. The summed E-state index contributed by atoms with van der Waals surface area (Å²) in [6.07, 6.45) is 1.16. The second kappa shape index (κ2) is 8.51. The largest absolute Gasteiger partial charge is 0.339 e. The maximum Gasteiger partial charge on any atom is 0.236 e. The summed E-state index contributed by atoms with van der Waals surface area (Å²) in [5, 5.41) is 3.26. The molecule has 0 radical (unpaired) electrons. The van der Waals surface area contributed by atoms with Crippen molar-refractivity contribution in [1.82, 2.24) is 20.0 Å². The zero-order valence-electron chi connectivity index (χ0n) is 13.0. The van der Waals surface area contributed by atoms with E-state index in [1.165, 1.54) is 0 Å². The first-order valence-electron chi connectivity index (χ1n) is 7.41. The Morgan fingerprint density at radius 1 is 1.32 bits per heavy atom. The molecule has 112 valence electrons. The quantitative estimate of drug-likeness (QED) is 0.665. The second-order valence-corrected chi connectivity index (χ2v) is 5.60. The van der Waals surface area contributed by atoms with Gasteiger partial charge in [0.2, 0.25) is 5.91 Å². The van der Waals surface area contributed by atoms with Gasteiger partial charge in [0.05, 0.1) is 6.54 Å². The van der Waals surface area contributed by atoms with Gasteiger partial charge < -0.3 is 20.0 Å². The first-order valence-corrected chi connectivity index (χ1v) is 7.41. The molecule has 0 aromatic carbocycles. The summed E-state index contributed by atoms with van der Waals surface area (Å²) in [5.41, 5.74) is 0. The summed E-state index contributed by atoms with van der Waals surface area (Å²) < 4.78 is 0. The topological polar surface area (TPSA) is 38.8 Å². The summed E-state index contributed by atoms with van der Waals surface area (Å²) in [5.74, 6) is 0.235. The van der Waals surface area contributed by atoms with Crippen molar-refractivity contribution in [3.05, 3.63) is 0 Å². The fourth-order valence-corrected chi connectivity index (χ4v) is 2.15. The Hall–Kier alpha value is -0.650. The highest BCUT2D eigenvalue weighted by atomic mass is 16.2. The fraction of sp³-hybridized carbons (Fsp3) is 0.929. The van der Waals surface area contributed by atoms with E-state index in [9.17, 15) is 4.79 Å². The van der Waals surface area contributed by atoms with Crippen LogP contribution in [0.1, 0.15) is 20.3 Å². The number of hydrogen-bond acceptors (Lipinski definition) is 4. The predicted octanol–water partition coefficient (Wildman–Crippen LogP) is 0.0803. The standard InChI is InChI=1S/C14H30N4O/c1-5-13(2)17(4)7-6-15-12-14(19)18-10-8-16(3)9-11-18/h13,15H,5-12H2,1-4H3. The number of piperazine rings is 1. The molecule has 1 unspecified atom stereocenters. The third kappa shape index (κ3) is 5.89. The average molecular weight is 270 g/mol. The molecule has 5 heteroatoms. The van der Waals surface area contributed by atoms with Gasteiger partial charge in [0.25, 0.3) is 0 Å². The van der Waals surface area contributed by atoms with Gasteiger partial charge in [-0.15, -0.1) is 0 Å². The lowest BCUT2D eigenvalue weighted by molar-refractivity contribution is -0.131. The smallest absolute Gasteiger partial charge is 0.236 e. The summed E-state index contributed by atoms with van der Waals surface area (Å²) >= 11 is 0. The monoisotopic (exact) mass is 270 g/mol. The van der Waals surface area contributed by atoms with Gasteiger partial charge in [-0.1, -0.05) is 6.92 Å². The zero-order valence-corrected chi connectivity index (χ0v) is 13.0. The van der Waals surface area contributed by atoms with Crippen LogP contribution in [0.2, 0.25) is 0 Å². The van der Waals surface area contributed by atoms with Crippen LogP contribution in [0, 0.1) is 0 Å². The molecular formula is C14H30N4O. The number of nitrogens with zero attached hydrogens (tertiary/aromatic N) is 3. The van der Waals surface area contributed by atoms with Crippen molar-refractivity contribution in [1.29, 1.82) is 0 Å². The third-order valence-electron chi connectivity index (χ3n) is 4.12. The minimum Gasteiger partial charge on any atom is -0.339 e. The van der Waals surface area contributed by atoms with Crippen LogP contribution in [0.4, 0.5) is 0 Å². The highest BCUT2D eigenvalue weighted by molar-refractivity contribution is 5.78. The van der Waals surface area contributed by atoms with Crippen LogP contribution in [0.3, 0.4) is 0 Å². The van der Waals surface area contributed by atoms with Gasteiger partial charge in [-0.05, 0) is 27.4 Å². The highest BCUT2D eigenvalue weighted by Gasteiger charge is 2.18. The molecule has 1 rings (SSSR count). The molecule has 0 bridgehead atoms. The van der Waals surface area contributed by atoms with E-state index in [4.69, 9.17) is 0 Å². The van der Waals surface area contributed by atoms with E-state index >= 15 is 0 Å². The molecule has 19 heavy (non-hydrogen) atoms. The van der Waals surface area contributed by atoms with Crippen LogP contribution < -0.4 is 5.32 Å². The number of hydrogen-bond donors (Lipinski definition) is 1. The minimum atomic E-state index is 0.235. The molecule has 1 heterocycles. The summed E-state index contributed by atoms with van der Waals surface area (Å²) in [7, 11) is 4.24. The van der Waals surface area contributed by atoms with E-state index in [0.717, 1.165) is 45.7 Å². The lowest BCUT2D eigenvalue weighted by Gasteiger charge is -2.32. The molecule has 0 spiro atoms. The summed E-state index contributed by atoms with van der Waals surface area (Å²) in [4.78, 5) is 18.5.